The highest BCUT2D eigenvalue weighted by Gasteiger charge is 2.22. The zero-order chi connectivity index (χ0) is 22.8. The van der Waals surface area contributed by atoms with E-state index in [0.29, 0.717) is 23.2 Å². The largest absolute Gasteiger partial charge is 0.381 e. The maximum Gasteiger partial charge on any atom is 0.266 e. The molecular formula is C23H26F3N5O. The monoisotopic (exact) mass is 445 g/mol. The summed E-state index contributed by atoms with van der Waals surface area (Å²) >= 11 is 0. The summed E-state index contributed by atoms with van der Waals surface area (Å²) in [6.45, 7) is 4.92. The molecule has 1 atom stereocenters. The van der Waals surface area contributed by atoms with Gasteiger partial charge in [0.1, 0.15) is 23.3 Å². The van der Waals surface area contributed by atoms with Gasteiger partial charge in [0, 0.05) is 37.3 Å². The maximum atomic E-state index is 14.7. The summed E-state index contributed by atoms with van der Waals surface area (Å²) in [5, 5.41) is 3.93. The zero-order valence-electron chi connectivity index (χ0n) is 18.3. The fourth-order valence-electron chi connectivity index (χ4n) is 4.05. The number of nitrogens with zero attached hydrogens (tertiary/aromatic N) is 4. The minimum Gasteiger partial charge on any atom is -0.381 e. The van der Waals surface area contributed by atoms with Crippen molar-refractivity contribution >= 4 is 22.5 Å². The second-order valence-corrected chi connectivity index (χ2v) is 8.05. The van der Waals surface area contributed by atoms with Gasteiger partial charge in [0.2, 0.25) is 0 Å². The molecule has 0 radical (unpaired) electrons. The fourth-order valence-corrected chi connectivity index (χ4v) is 4.05. The Kier molecular flexibility index (Phi) is 6.45. The Morgan fingerprint density at radius 1 is 1.16 bits per heavy atom. The van der Waals surface area contributed by atoms with Gasteiger partial charge in [-0.2, -0.15) is 0 Å². The number of rotatable bonds is 6. The van der Waals surface area contributed by atoms with Gasteiger partial charge in [0.05, 0.1) is 23.3 Å². The number of ether oxygens (including phenoxy) is 1. The first-order valence-electron chi connectivity index (χ1n) is 10.6. The number of halogens is 3. The van der Waals surface area contributed by atoms with Crippen LogP contribution in [0.4, 0.5) is 24.8 Å². The van der Waals surface area contributed by atoms with Crippen molar-refractivity contribution in [1.29, 1.82) is 0 Å². The van der Waals surface area contributed by atoms with Gasteiger partial charge in [0.25, 0.3) is 6.43 Å². The molecule has 0 bridgehead atoms. The quantitative estimate of drug-likeness (QED) is 0.563. The summed E-state index contributed by atoms with van der Waals surface area (Å²) in [6.07, 6.45) is 0.659. The predicted molar refractivity (Wildman–Crippen MR) is 118 cm³/mol. The summed E-state index contributed by atoms with van der Waals surface area (Å²) in [6, 6.07) is 5.68. The molecule has 1 N–H and O–H groups in total. The van der Waals surface area contributed by atoms with E-state index in [1.807, 2.05) is 13.1 Å². The third-order valence-electron chi connectivity index (χ3n) is 5.89. The second-order valence-electron chi connectivity index (χ2n) is 8.05. The number of aromatic nitrogens is 3. The van der Waals surface area contributed by atoms with E-state index < -0.39 is 23.8 Å². The van der Waals surface area contributed by atoms with E-state index in [4.69, 9.17) is 4.74 Å². The summed E-state index contributed by atoms with van der Waals surface area (Å²) in [7, 11) is 2.00. The van der Waals surface area contributed by atoms with Crippen molar-refractivity contribution in [3.05, 3.63) is 53.2 Å². The molecule has 9 heteroatoms. The van der Waals surface area contributed by atoms with Crippen LogP contribution in [0.3, 0.4) is 0 Å². The summed E-state index contributed by atoms with van der Waals surface area (Å²) in [4.78, 5) is 15.7. The molecule has 3 aromatic rings. The molecular weight excluding hydrogens is 419 g/mol. The molecule has 4 rings (SSSR count). The number of hydrogen-bond donors (Lipinski definition) is 1. The topological polar surface area (TPSA) is 63.2 Å². The van der Waals surface area contributed by atoms with E-state index in [2.05, 4.69) is 25.2 Å². The van der Waals surface area contributed by atoms with Crippen molar-refractivity contribution in [2.24, 2.45) is 0 Å². The average Bonchev–Trinajstić information content (AvgIpc) is 2.78. The van der Waals surface area contributed by atoms with Crippen molar-refractivity contribution in [2.75, 3.05) is 30.5 Å². The van der Waals surface area contributed by atoms with E-state index in [1.165, 1.54) is 12.1 Å². The SMILES string of the molecule is Cc1nc(N[C@H](C)c2cccc(C(F)F)c2F)c2cc(N(C)C3CCOCC3)ncc2n1. The summed E-state index contributed by atoms with van der Waals surface area (Å²) < 4.78 is 46.4. The molecule has 1 aliphatic heterocycles. The minimum absolute atomic E-state index is 0.154. The number of alkyl halides is 2. The Morgan fingerprint density at radius 2 is 1.88 bits per heavy atom. The first-order valence-corrected chi connectivity index (χ1v) is 10.6. The van der Waals surface area contributed by atoms with Gasteiger partial charge in [-0.15, -0.1) is 0 Å². The molecule has 1 fully saturated rings. The van der Waals surface area contributed by atoms with Crippen molar-refractivity contribution in [3.8, 4) is 0 Å². The highest BCUT2D eigenvalue weighted by Crippen LogP contribution is 2.31. The van der Waals surface area contributed by atoms with Gasteiger partial charge in [-0.05, 0) is 32.8 Å². The average molecular weight is 445 g/mol. The maximum absolute atomic E-state index is 14.7. The summed E-state index contributed by atoms with van der Waals surface area (Å²) in [5.41, 5.74) is 0.198. The highest BCUT2D eigenvalue weighted by atomic mass is 19.3. The van der Waals surface area contributed by atoms with Crippen LogP contribution in [0.15, 0.2) is 30.5 Å². The number of pyridine rings is 1. The minimum atomic E-state index is -2.88. The number of anilines is 2. The fraction of sp³-hybridized carbons (Fsp3) is 0.435. The molecule has 170 valence electrons. The molecule has 0 amide bonds. The molecule has 0 unspecified atom stereocenters. The van der Waals surface area contributed by atoms with Gasteiger partial charge in [-0.3, -0.25) is 0 Å². The molecule has 1 aromatic carbocycles. The molecule has 2 aromatic heterocycles. The van der Waals surface area contributed by atoms with Crippen LogP contribution in [0.5, 0.6) is 0 Å². The van der Waals surface area contributed by atoms with Crippen LogP contribution in [-0.4, -0.2) is 41.3 Å². The van der Waals surface area contributed by atoms with Crippen molar-refractivity contribution in [2.45, 2.75) is 45.2 Å². The number of nitrogens with one attached hydrogen (secondary N) is 1. The molecule has 0 aliphatic carbocycles. The van der Waals surface area contributed by atoms with Crippen LogP contribution >= 0.6 is 0 Å². The lowest BCUT2D eigenvalue weighted by molar-refractivity contribution is 0.0853. The Hall–Kier alpha value is -2.94. The third kappa shape index (κ3) is 4.48. The number of benzene rings is 1. The lowest BCUT2D eigenvalue weighted by Crippen LogP contribution is -2.37. The molecule has 6 nitrogen and oxygen atoms in total. The van der Waals surface area contributed by atoms with E-state index in [9.17, 15) is 13.2 Å². The van der Waals surface area contributed by atoms with E-state index in [0.717, 1.165) is 43.3 Å². The first-order chi connectivity index (χ1) is 15.3. The first kappa shape index (κ1) is 22.3. The number of fused-ring (bicyclic) bond motifs is 1. The Bertz CT molecular complexity index is 1100. The third-order valence-corrected chi connectivity index (χ3v) is 5.89. The Labute approximate surface area is 184 Å². The van der Waals surface area contributed by atoms with Crippen molar-refractivity contribution in [3.63, 3.8) is 0 Å². The number of aryl methyl sites for hydroxylation is 1. The molecule has 32 heavy (non-hydrogen) atoms. The Balaban J connectivity index is 1.68. The van der Waals surface area contributed by atoms with Crippen LogP contribution in [0.1, 0.15) is 49.2 Å². The molecule has 1 saturated heterocycles. The lowest BCUT2D eigenvalue weighted by Gasteiger charge is -2.32. The molecule has 3 heterocycles. The predicted octanol–water partition coefficient (Wildman–Crippen LogP) is 5.20. The molecule has 0 saturated carbocycles. The smallest absolute Gasteiger partial charge is 0.266 e. The summed E-state index contributed by atoms with van der Waals surface area (Å²) in [5.74, 6) is 0.907. The second kappa shape index (κ2) is 9.28. The van der Waals surface area contributed by atoms with E-state index >= 15 is 0 Å². The molecule has 0 spiro atoms. The van der Waals surface area contributed by atoms with Crippen LogP contribution in [0.2, 0.25) is 0 Å². The van der Waals surface area contributed by atoms with E-state index in [1.54, 1.807) is 20.0 Å². The molecule has 1 aliphatic rings. The van der Waals surface area contributed by atoms with Crippen LogP contribution in [0.25, 0.3) is 10.9 Å². The number of hydrogen-bond acceptors (Lipinski definition) is 6. The van der Waals surface area contributed by atoms with Gasteiger partial charge >= 0.3 is 0 Å². The van der Waals surface area contributed by atoms with Crippen molar-refractivity contribution < 1.29 is 17.9 Å². The van der Waals surface area contributed by atoms with E-state index in [-0.39, 0.29) is 5.56 Å². The zero-order valence-corrected chi connectivity index (χ0v) is 18.3. The van der Waals surface area contributed by atoms with Gasteiger partial charge < -0.3 is 15.0 Å². The van der Waals surface area contributed by atoms with Gasteiger partial charge in [-0.1, -0.05) is 18.2 Å². The van der Waals surface area contributed by atoms with Crippen LogP contribution in [0, 0.1) is 12.7 Å². The van der Waals surface area contributed by atoms with Gasteiger partial charge in [-0.25, -0.2) is 28.1 Å². The lowest BCUT2D eigenvalue weighted by atomic mass is 10.0. The highest BCUT2D eigenvalue weighted by molar-refractivity contribution is 5.90. The Morgan fingerprint density at radius 3 is 2.59 bits per heavy atom. The van der Waals surface area contributed by atoms with Crippen LogP contribution < -0.4 is 10.2 Å². The standard InChI is InChI=1S/C23H26F3N5O/c1-13(16-5-4-6-17(21(16)24)22(25)26)28-23-18-11-20(27-12-19(18)29-14(2)30-23)31(3)15-7-9-32-10-8-15/h4-6,11-13,15,22H,7-10H2,1-3H3,(H,28,29,30)/t13-/m1/s1. The van der Waals surface area contributed by atoms with Crippen LogP contribution in [-0.2, 0) is 4.74 Å². The van der Waals surface area contributed by atoms with Gasteiger partial charge in [0.15, 0.2) is 0 Å². The normalized spacial score (nSPS) is 15.8. The van der Waals surface area contributed by atoms with Crippen molar-refractivity contribution in [1.82, 2.24) is 15.0 Å².